The predicted molar refractivity (Wildman–Crippen MR) is 65.2 cm³/mol. The zero-order chi connectivity index (χ0) is 11.0. The van der Waals surface area contributed by atoms with E-state index in [-0.39, 0.29) is 6.10 Å². The number of hydrogen-bond donors (Lipinski definition) is 1. The molecule has 0 aromatic rings. The molecule has 92 valence electrons. The van der Waals surface area contributed by atoms with Gasteiger partial charge in [-0.25, -0.2) is 0 Å². The Morgan fingerprint density at radius 1 is 0.938 bits per heavy atom. The van der Waals surface area contributed by atoms with Crippen molar-refractivity contribution in [2.24, 2.45) is 17.8 Å². The molecule has 3 unspecified atom stereocenters. The molecule has 1 aliphatic heterocycles. The normalized spacial score (nSPS) is 41.4. The van der Waals surface area contributed by atoms with Crippen molar-refractivity contribution in [1.29, 1.82) is 0 Å². The van der Waals surface area contributed by atoms with Crippen molar-refractivity contribution in [2.75, 3.05) is 19.6 Å². The highest BCUT2D eigenvalue weighted by Gasteiger charge is 2.41. The zero-order valence-electron chi connectivity index (χ0n) is 10.3. The number of rotatable bonds is 2. The number of nitrogens with zero attached hydrogens (tertiary/aromatic N) is 1. The summed E-state index contributed by atoms with van der Waals surface area (Å²) in [6.45, 7) is 3.78. The molecule has 16 heavy (non-hydrogen) atoms. The molecular weight excluding hydrogens is 198 g/mol. The van der Waals surface area contributed by atoms with Gasteiger partial charge in [-0.05, 0) is 37.5 Å². The molecule has 3 aliphatic rings. The lowest BCUT2D eigenvalue weighted by molar-refractivity contribution is 0.120. The Kier molecular flexibility index (Phi) is 3.21. The van der Waals surface area contributed by atoms with Crippen LogP contribution >= 0.6 is 0 Å². The minimum Gasteiger partial charge on any atom is -0.393 e. The average molecular weight is 223 g/mol. The van der Waals surface area contributed by atoms with Gasteiger partial charge in [0.2, 0.25) is 0 Å². The summed E-state index contributed by atoms with van der Waals surface area (Å²) < 4.78 is 0. The maximum Gasteiger partial charge on any atom is 0.0583 e. The molecular formula is C14H25NO. The third-order valence-corrected chi connectivity index (χ3v) is 5.14. The van der Waals surface area contributed by atoms with Gasteiger partial charge in [0.1, 0.15) is 0 Å². The Morgan fingerprint density at radius 2 is 1.75 bits per heavy atom. The molecule has 2 nitrogen and oxygen atoms in total. The lowest BCUT2D eigenvalue weighted by Gasteiger charge is -2.27. The Labute approximate surface area is 99.0 Å². The summed E-state index contributed by atoms with van der Waals surface area (Å²) in [5, 5.41) is 9.90. The van der Waals surface area contributed by atoms with Crippen LogP contribution in [0.3, 0.4) is 0 Å². The zero-order valence-corrected chi connectivity index (χ0v) is 10.3. The van der Waals surface area contributed by atoms with Gasteiger partial charge in [0.05, 0.1) is 6.10 Å². The van der Waals surface area contributed by atoms with Gasteiger partial charge >= 0.3 is 0 Å². The van der Waals surface area contributed by atoms with Crippen LogP contribution in [0.1, 0.15) is 44.9 Å². The molecule has 2 saturated carbocycles. The van der Waals surface area contributed by atoms with Gasteiger partial charge in [0.15, 0.2) is 0 Å². The molecule has 3 rings (SSSR count). The van der Waals surface area contributed by atoms with E-state index in [4.69, 9.17) is 0 Å². The summed E-state index contributed by atoms with van der Waals surface area (Å²) in [5.41, 5.74) is 0. The summed E-state index contributed by atoms with van der Waals surface area (Å²) in [7, 11) is 0. The van der Waals surface area contributed by atoms with Crippen LogP contribution < -0.4 is 0 Å². The highest BCUT2D eigenvalue weighted by molar-refractivity contribution is 4.94. The number of aliphatic hydroxyl groups excluding tert-OH is 1. The third kappa shape index (κ3) is 2.14. The average Bonchev–Trinajstić information content (AvgIpc) is 2.83. The number of hydrogen-bond acceptors (Lipinski definition) is 2. The van der Waals surface area contributed by atoms with Crippen molar-refractivity contribution in [3.05, 3.63) is 0 Å². The molecule has 3 atom stereocenters. The molecule has 2 aliphatic carbocycles. The maximum atomic E-state index is 9.90. The minimum atomic E-state index is 0.0151. The largest absolute Gasteiger partial charge is 0.393 e. The van der Waals surface area contributed by atoms with Gasteiger partial charge in [0.25, 0.3) is 0 Å². The molecule has 1 N–H and O–H groups in total. The first kappa shape index (κ1) is 11.0. The lowest BCUT2D eigenvalue weighted by atomic mass is 9.89. The van der Waals surface area contributed by atoms with E-state index in [1.807, 2.05) is 0 Å². The molecule has 0 radical (unpaired) electrons. The quantitative estimate of drug-likeness (QED) is 0.776. The smallest absolute Gasteiger partial charge is 0.0583 e. The van der Waals surface area contributed by atoms with E-state index in [0.29, 0.717) is 5.92 Å². The van der Waals surface area contributed by atoms with Gasteiger partial charge in [-0.1, -0.05) is 19.3 Å². The minimum absolute atomic E-state index is 0.0151. The first-order chi connectivity index (χ1) is 7.83. The standard InChI is InChI=1S/C14H25NO/c16-14-7-6-12-9-15(10-13(12)14)8-11-4-2-1-3-5-11/h11-14,16H,1-10H2. The van der Waals surface area contributed by atoms with Gasteiger partial charge in [0, 0.05) is 25.6 Å². The van der Waals surface area contributed by atoms with E-state index in [9.17, 15) is 5.11 Å². The fraction of sp³-hybridized carbons (Fsp3) is 1.00. The highest BCUT2D eigenvalue weighted by atomic mass is 16.3. The fourth-order valence-electron chi connectivity index (χ4n) is 4.21. The van der Waals surface area contributed by atoms with E-state index in [2.05, 4.69) is 4.90 Å². The first-order valence-corrected chi connectivity index (χ1v) is 7.23. The topological polar surface area (TPSA) is 23.5 Å². The van der Waals surface area contributed by atoms with Crippen molar-refractivity contribution in [1.82, 2.24) is 4.90 Å². The van der Waals surface area contributed by atoms with Crippen LogP contribution in [0.15, 0.2) is 0 Å². The van der Waals surface area contributed by atoms with Crippen LogP contribution in [0.2, 0.25) is 0 Å². The van der Waals surface area contributed by atoms with Gasteiger partial charge in [-0.3, -0.25) is 0 Å². The molecule has 3 fully saturated rings. The molecule has 0 aromatic heterocycles. The number of aliphatic hydroxyl groups is 1. The molecule has 1 saturated heterocycles. The second kappa shape index (κ2) is 4.66. The number of likely N-dealkylation sites (tertiary alicyclic amines) is 1. The van der Waals surface area contributed by atoms with Crippen molar-refractivity contribution >= 4 is 0 Å². The number of fused-ring (bicyclic) bond motifs is 1. The Balaban J connectivity index is 1.50. The van der Waals surface area contributed by atoms with Crippen molar-refractivity contribution in [2.45, 2.75) is 51.0 Å². The Morgan fingerprint density at radius 3 is 2.50 bits per heavy atom. The predicted octanol–water partition coefficient (Wildman–Crippen LogP) is 2.27. The van der Waals surface area contributed by atoms with E-state index >= 15 is 0 Å². The molecule has 0 spiro atoms. The van der Waals surface area contributed by atoms with Crippen LogP contribution in [0.5, 0.6) is 0 Å². The van der Waals surface area contributed by atoms with Gasteiger partial charge in [-0.2, -0.15) is 0 Å². The second-order valence-corrected chi connectivity index (χ2v) is 6.29. The highest BCUT2D eigenvalue weighted by Crippen LogP contribution is 2.38. The van der Waals surface area contributed by atoms with Crippen LogP contribution in [0.4, 0.5) is 0 Å². The van der Waals surface area contributed by atoms with Crippen molar-refractivity contribution in [3.8, 4) is 0 Å². The van der Waals surface area contributed by atoms with Crippen molar-refractivity contribution < 1.29 is 5.11 Å². The molecule has 1 heterocycles. The maximum absolute atomic E-state index is 9.90. The molecule has 0 aromatic carbocycles. The van der Waals surface area contributed by atoms with E-state index in [1.54, 1.807) is 0 Å². The van der Waals surface area contributed by atoms with Crippen LogP contribution in [-0.2, 0) is 0 Å². The van der Waals surface area contributed by atoms with Gasteiger partial charge < -0.3 is 10.0 Å². The molecule has 0 amide bonds. The summed E-state index contributed by atoms with van der Waals surface area (Å²) in [6, 6.07) is 0. The fourth-order valence-corrected chi connectivity index (χ4v) is 4.21. The van der Waals surface area contributed by atoms with E-state index < -0.39 is 0 Å². The lowest BCUT2D eigenvalue weighted by Crippen LogP contribution is -2.30. The third-order valence-electron chi connectivity index (χ3n) is 5.14. The van der Waals surface area contributed by atoms with Crippen LogP contribution in [0.25, 0.3) is 0 Å². The molecule has 0 bridgehead atoms. The first-order valence-electron chi connectivity index (χ1n) is 7.23. The van der Waals surface area contributed by atoms with E-state index in [0.717, 1.165) is 18.3 Å². The summed E-state index contributed by atoms with van der Waals surface area (Å²) >= 11 is 0. The SMILES string of the molecule is OC1CCC2CN(CC3CCCCC3)CC12. The van der Waals surface area contributed by atoms with Crippen LogP contribution in [-0.4, -0.2) is 35.7 Å². The van der Waals surface area contributed by atoms with Crippen molar-refractivity contribution in [3.63, 3.8) is 0 Å². The van der Waals surface area contributed by atoms with Crippen LogP contribution in [0, 0.1) is 17.8 Å². The van der Waals surface area contributed by atoms with Gasteiger partial charge in [-0.15, -0.1) is 0 Å². The Bertz CT molecular complexity index is 237. The second-order valence-electron chi connectivity index (χ2n) is 6.29. The summed E-state index contributed by atoms with van der Waals surface area (Å²) in [4.78, 5) is 2.65. The monoisotopic (exact) mass is 223 g/mol. The Hall–Kier alpha value is -0.0800. The van der Waals surface area contributed by atoms with E-state index in [1.165, 1.54) is 58.2 Å². The molecule has 2 heteroatoms. The summed E-state index contributed by atoms with van der Waals surface area (Å²) in [6.07, 6.45) is 9.62. The summed E-state index contributed by atoms with van der Waals surface area (Å²) in [5.74, 6) is 2.40.